The van der Waals surface area contributed by atoms with E-state index in [-0.39, 0.29) is 5.41 Å². The summed E-state index contributed by atoms with van der Waals surface area (Å²) in [5.41, 5.74) is 2.53. The van der Waals surface area contributed by atoms with E-state index in [0.717, 1.165) is 26.1 Å². The van der Waals surface area contributed by atoms with Crippen LogP contribution in [0.15, 0.2) is 60.7 Å². The zero-order valence-electron chi connectivity index (χ0n) is 14.7. The molecule has 3 nitrogen and oxygen atoms in total. The number of rotatable bonds is 4. The summed E-state index contributed by atoms with van der Waals surface area (Å²) in [4.78, 5) is 14.7. The second kappa shape index (κ2) is 7.01. The summed E-state index contributed by atoms with van der Waals surface area (Å²) in [7, 11) is 0. The van der Waals surface area contributed by atoms with Crippen LogP contribution in [0, 0.1) is 0 Å². The molecular weight excluding hydrogens is 308 g/mol. The lowest BCUT2D eigenvalue weighted by Gasteiger charge is -2.44. The van der Waals surface area contributed by atoms with Crippen molar-refractivity contribution in [3.63, 3.8) is 0 Å². The third-order valence-electron chi connectivity index (χ3n) is 5.84. The van der Waals surface area contributed by atoms with Crippen molar-refractivity contribution >= 4 is 5.91 Å². The molecule has 2 aliphatic rings. The number of carbonyl (C=O) groups excluding carboxylic acids is 1. The molecule has 1 N–H and O–H groups in total. The molecule has 4 rings (SSSR count). The van der Waals surface area contributed by atoms with Crippen LogP contribution in [0.3, 0.4) is 0 Å². The maximum atomic E-state index is 12.6. The molecule has 2 heterocycles. The molecule has 1 amide bonds. The molecule has 0 bridgehead atoms. The summed E-state index contributed by atoms with van der Waals surface area (Å²) < 4.78 is 0. The zero-order valence-corrected chi connectivity index (χ0v) is 14.7. The van der Waals surface area contributed by atoms with Crippen molar-refractivity contribution in [3.8, 4) is 0 Å². The number of carbonyl (C=O) groups is 1. The fourth-order valence-corrected chi connectivity index (χ4v) is 4.47. The Hall–Kier alpha value is -2.13. The molecule has 2 aromatic carbocycles. The molecule has 130 valence electrons. The molecular formula is C22H26N2O. The molecule has 25 heavy (non-hydrogen) atoms. The summed E-state index contributed by atoms with van der Waals surface area (Å²) in [6, 6.07) is 21.9. The Morgan fingerprint density at radius 1 is 1.00 bits per heavy atom. The molecule has 0 radical (unpaired) electrons. The second-order valence-corrected chi connectivity index (χ2v) is 7.38. The Balaban J connectivity index is 1.69. The highest BCUT2D eigenvalue weighted by Gasteiger charge is 2.41. The van der Waals surface area contributed by atoms with Gasteiger partial charge in [0.2, 0.25) is 5.91 Å². The van der Waals surface area contributed by atoms with E-state index < -0.39 is 0 Å². The van der Waals surface area contributed by atoms with Gasteiger partial charge >= 0.3 is 0 Å². The number of likely N-dealkylation sites (tertiary alicyclic amines) is 1. The number of hydrogen-bond donors (Lipinski definition) is 1. The summed E-state index contributed by atoms with van der Waals surface area (Å²) in [6.07, 6.45) is 3.90. The van der Waals surface area contributed by atoms with Gasteiger partial charge in [-0.3, -0.25) is 4.79 Å². The Morgan fingerprint density at radius 3 is 2.20 bits per heavy atom. The van der Waals surface area contributed by atoms with Gasteiger partial charge in [0.25, 0.3) is 0 Å². The molecule has 1 atom stereocenters. The highest BCUT2D eigenvalue weighted by Crippen LogP contribution is 2.40. The van der Waals surface area contributed by atoms with Crippen LogP contribution in [-0.4, -0.2) is 36.5 Å². The van der Waals surface area contributed by atoms with Gasteiger partial charge in [-0.05, 0) is 36.9 Å². The summed E-state index contributed by atoms with van der Waals surface area (Å²) >= 11 is 0. The first-order chi connectivity index (χ1) is 12.3. The third kappa shape index (κ3) is 3.21. The molecule has 0 aliphatic carbocycles. The van der Waals surface area contributed by atoms with Gasteiger partial charge in [-0.15, -0.1) is 0 Å². The van der Waals surface area contributed by atoms with Crippen molar-refractivity contribution in [2.75, 3.05) is 19.6 Å². The first kappa shape index (κ1) is 16.3. The minimum atomic E-state index is -0.102. The predicted molar refractivity (Wildman–Crippen MR) is 101 cm³/mol. The maximum Gasteiger partial charge on any atom is 0.222 e. The SMILES string of the molecule is O=C1CCC(c2ccccc2)(c2ccccc2)CN1C[C@@H]1CCCN1. The van der Waals surface area contributed by atoms with Crippen LogP contribution in [0.25, 0.3) is 0 Å². The van der Waals surface area contributed by atoms with E-state index >= 15 is 0 Å². The summed E-state index contributed by atoms with van der Waals surface area (Å²) in [5, 5.41) is 3.54. The second-order valence-electron chi connectivity index (χ2n) is 7.38. The van der Waals surface area contributed by atoms with E-state index in [1.807, 2.05) is 0 Å². The molecule has 0 unspecified atom stereocenters. The zero-order chi connectivity index (χ0) is 17.1. The van der Waals surface area contributed by atoms with E-state index in [1.54, 1.807) is 0 Å². The topological polar surface area (TPSA) is 32.3 Å². The lowest BCUT2D eigenvalue weighted by Crippen LogP contribution is -2.52. The highest BCUT2D eigenvalue weighted by molar-refractivity contribution is 5.78. The van der Waals surface area contributed by atoms with Crippen molar-refractivity contribution in [1.82, 2.24) is 10.2 Å². The van der Waals surface area contributed by atoms with Crippen molar-refractivity contribution in [3.05, 3.63) is 71.8 Å². The number of nitrogens with one attached hydrogen (secondary N) is 1. The van der Waals surface area contributed by atoms with Crippen molar-refractivity contribution in [2.24, 2.45) is 0 Å². The van der Waals surface area contributed by atoms with Crippen molar-refractivity contribution in [1.29, 1.82) is 0 Å². The van der Waals surface area contributed by atoms with E-state index in [4.69, 9.17) is 0 Å². The van der Waals surface area contributed by atoms with Gasteiger partial charge in [0.15, 0.2) is 0 Å². The van der Waals surface area contributed by atoms with E-state index in [1.165, 1.54) is 24.0 Å². The van der Waals surface area contributed by atoms with E-state index in [2.05, 4.69) is 70.9 Å². The number of hydrogen-bond acceptors (Lipinski definition) is 2. The monoisotopic (exact) mass is 334 g/mol. The van der Waals surface area contributed by atoms with Crippen LogP contribution < -0.4 is 5.32 Å². The fraction of sp³-hybridized carbons (Fsp3) is 0.409. The lowest BCUT2D eigenvalue weighted by molar-refractivity contribution is -0.135. The fourth-order valence-electron chi connectivity index (χ4n) is 4.47. The van der Waals surface area contributed by atoms with Crippen LogP contribution in [0.5, 0.6) is 0 Å². The molecule has 2 saturated heterocycles. The maximum absolute atomic E-state index is 12.6. The standard InChI is InChI=1S/C22H26N2O/c25-21-13-14-22(18-8-3-1-4-9-18,19-10-5-2-6-11-19)17-24(21)16-20-12-7-15-23-20/h1-6,8-11,20,23H,7,12-17H2/t20-/m0/s1. The van der Waals surface area contributed by atoms with Gasteiger partial charge in [0.1, 0.15) is 0 Å². The first-order valence-corrected chi connectivity index (χ1v) is 9.40. The van der Waals surface area contributed by atoms with Crippen LogP contribution in [0.4, 0.5) is 0 Å². The number of piperidine rings is 1. The van der Waals surface area contributed by atoms with E-state index in [0.29, 0.717) is 18.4 Å². The number of amides is 1. The average Bonchev–Trinajstić information content (AvgIpc) is 3.18. The highest BCUT2D eigenvalue weighted by atomic mass is 16.2. The van der Waals surface area contributed by atoms with Gasteiger partial charge < -0.3 is 10.2 Å². The largest absolute Gasteiger partial charge is 0.340 e. The van der Waals surface area contributed by atoms with Crippen LogP contribution in [-0.2, 0) is 10.2 Å². The van der Waals surface area contributed by atoms with Crippen molar-refractivity contribution in [2.45, 2.75) is 37.1 Å². The predicted octanol–water partition coefficient (Wildman–Crippen LogP) is 3.35. The smallest absolute Gasteiger partial charge is 0.222 e. The molecule has 3 heteroatoms. The molecule has 2 aliphatic heterocycles. The van der Waals surface area contributed by atoms with Gasteiger partial charge in [0.05, 0.1) is 0 Å². The van der Waals surface area contributed by atoms with Crippen molar-refractivity contribution < 1.29 is 4.79 Å². The van der Waals surface area contributed by atoms with Crippen LogP contribution >= 0.6 is 0 Å². The Labute approximate surface area is 150 Å². The van der Waals surface area contributed by atoms with Gasteiger partial charge in [-0.1, -0.05) is 60.7 Å². The summed E-state index contributed by atoms with van der Waals surface area (Å²) in [6.45, 7) is 2.69. The normalized spacial score (nSPS) is 23.0. The minimum Gasteiger partial charge on any atom is -0.340 e. The minimum absolute atomic E-state index is 0.102. The van der Waals surface area contributed by atoms with Gasteiger partial charge in [0, 0.05) is 31.0 Å². The Kier molecular flexibility index (Phi) is 4.58. The molecule has 2 fully saturated rings. The molecule has 0 spiro atoms. The Bertz CT molecular complexity index is 668. The van der Waals surface area contributed by atoms with Gasteiger partial charge in [-0.25, -0.2) is 0 Å². The number of nitrogens with zero attached hydrogens (tertiary/aromatic N) is 1. The molecule has 0 saturated carbocycles. The Morgan fingerprint density at radius 2 is 1.64 bits per heavy atom. The van der Waals surface area contributed by atoms with Crippen LogP contribution in [0.2, 0.25) is 0 Å². The van der Waals surface area contributed by atoms with Crippen LogP contribution in [0.1, 0.15) is 36.8 Å². The average molecular weight is 334 g/mol. The lowest BCUT2D eigenvalue weighted by atomic mass is 9.69. The number of benzene rings is 2. The molecule has 2 aromatic rings. The first-order valence-electron chi connectivity index (χ1n) is 9.40. The third-order valence-corrected chi connectivity index (χ3v) is 5.84. The quantitative estimate of drug-likeness (QED) is 0.930. The summed E-state index contributed by atoms with van der Waals surface area (Å²) in [5.74, 6) is 0.302. The van der Waals surface area contributed by atoms with Gasteiger partial charge in [-0.2, -0.15) is 0 Å². The molecule has 0 aromatic heterocycles. The van der Waals surface area contributed by atoms with E-state index in [9.17, 15) is 4.79 Å².